The number of carbonyl (C=O) groups excluding carboxylic acids is 1. The van der Waals surface area contributed by atoms with Crippen LogP contribution in [0.4, 0.5) is 0 Å². The van der Waals surface area contributed by atoms with Crippen molar-refractivity contribution in [2.24, 2.45) is 0 Å². The first-order chi connectivity index (χ1) is 13.3. The molecule has 27 heavy (non-hydrogen) atoms. The van der Waals surface area contributed by atoms with Gasteiger partial charge in [0.2, 0.25) is 0 Å². The Morgan fingerprint density at radius 2 is 2.15 bits per heavy atom. The highest BCUT2D eigenvalue weighted by molar-refractivity contribution is 5.95. The Kier molecular flexibility index (Phi) is 3.82. The van der Waals surface area contributed by atoms with E-state index in [0.29, 0.717) is 25.3 Å². The van der Waals surface area contributed by atoms with Crippen molar-refractivity contribution in [3.63, 3.8) is 0 Å². The third-order valence-electron chi connectivity index (χ3n) is 5.66. The van der Waals surface area contributed by atoms with Crippen LogP contribution in [0.25, 0.3) is 11.4 Å². The van der Waals surface area contributed by atoms with Crippen molar-refractivity contribution >= 4 is 5.91 Å². The predicted molar refractivity (Wildman–Crippen MR) is 99.1 cm³/mol. The van der Waals surface area contributed by atoms with Crippen LogP contribution in [0.2, 0.25) is 0 Å². The molecule has 0 radical (unpaired) electrons. The van der Waals surface area contributed by atoms with Gasteiger partial charge in [0.25, 0.3) is 5.91 Å². The van der Waals surface area contributed by atoms with Crippen LogP contribution in [-0.2, 0) is 16.8 Å². The highest BCUT2D eigenvalue weighted by Gasteiger charge is 2.43. The minimum atomic E-state index is -0.323. The van der Waals surface area contributed by atoms with Crippen LogP contribution in [0.15, 0.2) is 42.9 Å². The Morgan fingerprint density at radius 3 is 2.96 bits per heavy atom. The first-order valence-corrected chi connectivity index (χ1v) is 9.31. The molecule has 1 fully saturated rings. The monoisotopic (exact) mass is 363 g/mol. The molecular formula is C20H21N5O2. The highest BCUT2D eigenvalue weighted by Crippen LogP contribution is 2.40. The summed E-state index contributed by atoms with van der Waals surface area (Å²) in [7, 11) is 0. The van der Waals surface area contributed by atoms with Crippen molar-refractivity contribution in [1.82, 2.24) is 25.1 Å². The number of ether oxygens (including phenoxy) is 1. The molecule has 0 saturated carbocycles. The summed E-state index contributed by atoms with van der Waals surface area (Å²) in [6, 6.07) is 7.62. The van der Waals surface area contributed by atoms with Crippen molar-refractivity contribution in [1.29, 1.82) is 0 Å². The van der Waals surface area contributed by atoms with Crippen molar-refractivity contribution in [2.75, 3.05) is 19.7 Å². The molecule has 2 aliphatic rings. The van der Waals surface area contributed by atoms with E-state index in [1.807, 2.05) is 35.4 Å². The summed E-state index contributed by atoms with van der Waals surface area (Å²) >= 11 is 0. The van der Waals surface area contributed by atoms with Gasteiger partial charge in [-0.2, -0.15) is 5.10 Å². The number of imidazole rings is 1. The zero-order chi connectivity index (χ0) is 18.3. The fourth-order valence-corrected chi connectivity index (χ4v) is 4.19. The fraction of sp³-hybridized carbons (Fsp3) is 0.350. The van der Waals surface area contributed by atoms with E-state index in [0.717, 1.165) is 36.3 Å². The molecule has 1 saturated heterocycles. The lowest BCUT2D eigenvalue weighted by atomic mass is 9.83. The van der Waals surface area contributed by atoms with Crippen molar-refractivity contribution in [3.8, 4) is 11.4 Å². The van der Waals surface area contributed by atoms with Gasteiger partial charge in [-0.05, 0) is 37.0 Å². The van der Waals surface area contributed by atoms with Gasteiger partial charge < -0.3 is 14.6 Å². The maximum atomic E-state index is 13.0. The van der Waals surface area contributed by atoms with Crippen LogP contribution in [-0.4, -0.2) is 50.7 Å². The van der Waals surface area contributed by atoms with Gasteiger partial charge in [0.1, 0.15) is 11.4 Å². The highest BCUT2D eigenvalue weighted by atomic mass is 16.5. The summed E-state index contributed by atoms with van der Waals surface area (Å²) < 4.78 is 6.17. The Hall–Kier alpha value is -2.93. The van der Waals surface area contributed by atoms with Crippen molar-refractivity contribution < 1.29 is 9.53 Å². The molecule has 3 aromatic rings. The number of aromatic nitrogens is 4. The predicted octanol–water partition coefficient (Wildman–Crippen LogP) is 2.50. The molecule has 4 heterocycles. The molecule has 1 aromatic carbocycles. The summed E-state index contributed by atoms with van der Waals surface area (Å²) in [5.74, 6) is 0.823. The zero-order valence-corrected chi connectivity index (χ0v) is 14.9. The third kappa shape index (κ3) is 2.75. The molecule has 0 atom stereocenters. The molecule has 2 aliphatic heterocycles. The van der Waals surface area contributed by atoms with Gasteiger partial charge in [0, 0.05) is 36.6 Å². The Morgan fingerprint density at radius 1 is 1.26 bits per heavy atom. The quantitative estimate of drug-likeness (QED) is 0.732. The van der Waals surface area contributed by atoms with Crippen LogP contribution in [0.3, 0.4) is 0 Å². The third-order valence-corrected chi connectivity index (χ3v) is 5.66. The van der Waals surface area contributed by atoms with Gasteiger partial charge >= 0.3 is 0 Å². The largest absolute Gasteiger partial charge is 0.368 e. The molecule has 5 rings (SSSR count). The van der Waals surface area contributed by atoms with Gasteiger partial charge in [0.05, 0.1) is 18.5 Å². The number of hydrogen-bond donors (Lipinski definition) is 2. The van der Waals surface area contributed by atoms with Gasteiger partial charge in [-0.15, -0.1) is 0 Å². The smallest absolute Gasteiger partial charge is 0.253 e. The number of hydrogen-bond acceptors (Lipinski definition) is 4. The fourth-order valence-electron chi connectivity index (χ4n) is 4.19. The summed E-state index contributed by atoms with van der Waals surface area (Å²) in [5.41, 5.74) is 3.62. The van der Waals surface area contributed by atoms with E-state index in [1.54, 1.807) is 12.4 Å². The molecule has 0 aliphatic carbocycles. The Labute approximate surface area is 156 Å². The van der Waals surface area contributed by atoms with Crippen LogP contribution < -0.4 is 0 Å². The van der Waals surface area contributed by atoms with E-state index in [2.05, 4.69) is 20.2 Å². The Bertz CT molecular complexity index is 954. The number of amides is 1. The average Bonchev–Trinajstić information content (AvgIpc) is 3.41. The van der Waals surface area contributed by atoms with Crippen LogP contribution in [0.5, 0.6) is 0 Å². The van der Waals surface area contributed by atoms with E-state index in [9.17, 15) is 4.79 Å². The lowest BCUT2D eigenvalue weighted by Crippen LogP contribution is -2.48. The standard InChI is InChI=1S/C20H21N5O2/c26-19(15-3-1-2-14(12-15)18-21-7-8-22-18)25-9-5-20(6-10-25)17-16(4-11-27-20)13-23-24-17/h1-3,7-8,12-13H,4-6,9-11H2,(H,21,22)(H,23,24). The number of nitrogens with zero attached hydrogens (tertiary/aromatic N) is 3. The number of fused-ring (bicyclic) bond motifs is 2. The second-order valence-electron chi connectivity index (χ2n) is 7.17. The molecule has 0 bridgehead atoms. The SMILES string of the molecule is O=C(c1cccc(-c2ncc[nH]2)c1)N1CCC2(CC1)OCCc1cn[nH]c12. The normalized spacial score (nSPS) is 18.4. The van der Waals surface area contributed by atoms with Gasteiger partial charge in [-0.3, -0.25) is 9.89 Å². The number of piperidine rings is 1. The molecule has 0 unspecified atom stereocenters. The summed E-state index contributed by atoms with van der Waals surface area (Å²) in [6.45, 7) is 2.05. The van der Waals surface area contributed by atoms with E-state index < -0.39 is 0 Å². The molecule has 2 N–H and O–H groups in total. The van der Waals surface area contributed by atoms with Gasteiger partial charge in [0.15, 0.2) is 0 Å². The number of likely N-dealkylation sites (tertiary alicyclic amines) is 1. The van der Waals surface area contributed by atoms with Gasteiger partial charge in [-0.25, -0.2) is 4.98 Å². The van der Waals surface area contributed by atoms with E-state index >= 15 is 0 Å². The van der Waals surface area contributed by atoms with Crippen molar-refractivity contribution in [2.45, 2.75) is 24.9 Å². The molecular weight excluding hydrogens is 342 g/mol. The van der Waals surface area contributed by atoms with Crippen molar-refractivity contribution in [3.05, 3.63) is 59.7 Å². The first kappa shape index (κ1) is 16.3. The van der Waals surface area contributed by atoms with Crippen LogP contribution >= 0.6 is 0 Å². The summed E-state index contributed by atoms with van der Waals surface area (Å²) in [6.07, 6.45) is 7.86. The summed E-state index contributed by atoms with van der Waals surface area (Å²) in [5, 5.41) is 7.32. The average molecular weight is 363 g/mol. The number of nitrogens with one attached hydrogen (secondary N) is 2. The van der Waals surface area contributed by atoms with E-state index in [1.165, 1.54) is 5.56 Å². The minimum absolute atomic E-state index is 0.0545. The lowest BCUT2D eigenvalue weighted by molar-refractivity contribution is -0.0962. The number of rotatable bonds is 2. The number of carbonyl (C=O) groups is 1. The maximum Gasteiger partial charge on any atom is 0.253 e. The minimum Gasteiger partial charge on any atom is -0.368 e. The van der Waals surface area contributed by atoms with E-state index in [-0.39, 0.29) is 11.5 Å². The topological polar surface area (TPSA) is 86.9 Å². The second-order valence-corrected chi connectivity index (χ2v) is 7.17. The Balaban J connectivity index is 1.33. The molecule has 138 valence electrons. The summed E-state index contributed by atoms with van der Waals surface area (Å²) in [4.78, 5) is 22.3. The molecule has 1 spiro atoms. The number of aromatic amines is 2. The second kappa shape index (κ2) is 6.35. The van der Waals surface area contributed by atoms with Crippen LogP contribution in [0, 0.1) is 0 Å². The van der Waals surface area contributed by atoms with Crippen LogP contribution in [0.1, 0.15) is 34.5 Å². The maximum absolute atomic E-state index is 13.0. The number of benzene rings is 1. The molecule has 1 amide bonds. The molecule has 2 aromatic heterocycles. The van der Waals surface area contributed by atoms with Gasteiger partial charge in [-0.1, -0.05) is 12.1 Å². The lowest BCUT2D eigenvalue weighted by Gasteiger charge is -2.43. The molecule has 7 nitrogen and oxygen atoms in total. The number of H-pyrrole nitrogens is 2. The first-order valence-electron chi connectivity index (χ1n) is 9.31. The van der Waals surface area contributed by atoms with E-state index in [4.69, 9.17) is 4.74 Å². The molecule has 7 heteroatoms. The zero-order valence-electron chi connectivity index (χ0n) is 14.9.